The van der Waals surface area contributed by atoms with Crippen molar-refractivity contribution in [3.8, 4) is 0 Å². The van der Waals surface area contributed by atoms with E-state index in [0.29, 0.717) is 54.6 Å². The van der Waals surface area contributed by atoms with Crippen LogP contribution in [0.15, 0.2) is 72.7 Å². The largest absolute Gasteiger partial charge is 0.377 e. The maximum Gasteiger partial charge on any atom is 0.257 e. The fraction of sp³-hybridized carbons (Fsp3) is 0.394. The summed E-state index contributed by atoms with van der Waals surface area (Å²) in [6, 6.07) is 16.4. The monoisotopic (exact) mass is 553 g/mol. The van der Waals surface area contributed by atoms with E-state index < -0.39 is 0 Å². The molecule has 1 unspecified atom stereocenters. The van der Waals surface area contributed by atoms with Crippen LogP contribution in [-0.2, 0) is 5.41 Å². The van der Waals surface area contributed by atoms with Crippen molar-refractivity contribution in [2.45, 2.75) is 38.5 Å². The van der Waals surface area contributed by atoms with Crippen LogP contribution in [0, 0.1) is 25.6 Å². The van der Waals surface area contributed by atoms with Crippen LogP contribution in [0.2, 0.25) is 0 Å². The van der Waals surface area contributed by atoms with Crippen molar-refractivity contribution in [2.75, 3.05) is 39.3 Å². The normalized spacial score (nSPS) is 19.7. The Morgan fingerprint density at radius 2 is 1.66 bits per heavy atom. The molecule has 2 amide bonds. The van der Waals surface area contributed by atoms with E-state index in [1.807, 2.05) is 60.0 Å². The molecular weight excluding hydrogens is 517 g/mol. The number of hydrogen-bond donors (Lipinski definition) is 0. The molecule has 1 aromatic heterocycles. The number of hydrogen-bond acceptors (Lipinski definition) is 5. The minimum atomic E-state index is -0.221. The summed E-state index contributed by atoms with van der Waals surface area (Å²) >= 11 is 0. The van der Waals surface area contributed by atoms with E-state index in [0.717, 1.165) is 37.9 Å². The van der Waals surface area contributed by atoms with E-state index in [4.69, 9.17) is 0 Å². The highest BCUT2D eigenvalue weighted by Crippen LogP contribution is 2.40. The van der Waals surface area contributed by atoms with Gasteiger partial charge in [0.05, 0.1) is 17.0 Å². The minimum Gasteiger partial charge on any atom is -0.377 e. The predicted octanol–water partition coefficient (Wildman–Crippen LogP) is 4.77. The van der Waals surface area contributed by atoms with E-state index in [2.05, 4.69) is 21.1 Å². The molecule has 212 valence electrons. The van der Waals surface area contributed by atoms with Gasteiger partial charge in [0.2, 0.25) is 0 Å². The first-order valence-electron chi connectivity index (χ1n) is 14.5. The van der Waals surface area contributed by atoms with Crippen molar-refractivity contribution in [2.24, 2.45) is 5.92 Å². The standard InChI is InChI=1S/C33H36FN5O2/c1-23-30(24(2)36-22-35-23)32(41)39-20-26-18-37(19-27(26)21-39)14-11-33(28-9-6-10-29(34)17-28)12-15-38(16-13-33)31(40)25-7-4-3-5-8-25/h3-10,17-18,22,27H,11-16,19-21H2,1-2H3. The molecule has 0 aliphatic carbocycles. The van der Waals surface area contributed by atoms with E-state index in [1.54, 1.807) is 12.1 Å². The van der Waals surface area contributed by atoms with E-state index in [-0.39, 0.29) is 23.0 Å². The number of piperidine rings is 1. The number of fused-ring (bicyclic) bond motifs is 1. The average molecular weight is 554 g/mol. The zero-order chi connectivity index (χ0) is 28.6. The molecule has 3 aliphatic heterocycles. The van der Waals surface area contributed by atoms with Gasteiger partial charge in [0.1, 0.15) is 12.1 Å². The first kappa shape index (κ1) is 27.1. The lowest BCUT2D eigenvalue weighted by Gasteiger charge is -2.43. The molecule has 0 radical (unpaired) electrons. The number of likely N-dealkylation sites (tertiary alicyclic amines) is 2. The highest BCUT2D eigenvalue weighted by molar-refractivity contribution is 5.96. The topological polar surface area (TPSA) is 69.6 Å². The zero-order valence-electron chi connectivity index (χ0n) is 23.7. The molecule has 2 fully saturated rings. The van der Waals surface area contributed by atoms with Gasteiger partial charge in [-0.15, -0.1) is 0 Å². The Hall–Kier alpha value is -4.07. The van der Waals surface area contributed by atoms with E-state index in [9.17, 15) is 14.0 Å². The molecule has 8 heteroatoms. The van der Waals surface area contributed by atoms with Crippen molar-refractivity contribution in [3.05, 3.63) is 107 Å². The molecule has 6 rings (SSSR count). The summed E-state index contributed by atoms with van der Waals surface area (Å²) in [6.45, 7) is 8.05. The molecule has 3 aliphatic rings. The second kappa shape index (κ2) is 11.1. The molecular formula is C33H36FN5O2. The molecule has 0 bridgehead atoms. The van der Waals surface area contributed by atoms with Crippen LogP contribution < -0.4 is 0 Å². The van der Waals surface area contributed by atoms with Crippen molar-refractivity contribution < 1.29 is 14.0 Å². The number of nitrogens with zero attached hydrogens (tertiary/aromatic N) is 5. The number of amides is 2. The first-order valence-corrected chi connectivity index (χ1v) is 14.5. The lowest BCUT2D eigenvalue weighted by Crippen LogP contribution is -2.46. The van der Waals surface area contributed by atoms with Gasteiger partial charge in [0, 0.05) is 62.4 Å². The molecule has 3 aromatic rings. The highest BCUT2D eigenvalue weighted by Gasteiger charge is 2.40. The smallest absolute Gasteiger partial charge is 0.257 e. The predicted molar refractivity (Wildman–Crippen MR) is 155 cm³/mol. The Balaban J connectivity index is 1.13. The fourth-order valence-electron chi connectivity index (χ4n) is 6.82. The van der Waals surface area contributed by atoms with Crippen molar-refractivity contribution in [1.82, 2.24) is 24.7 Å². The molecule has 2 saturated heterocycles. The minimum absolute atomic E-state index is 0.00400. The van der Waals surface area contributed by atoms with Gasteiger partial charge in [-0.2, -0.15) is 0 Å². The number of aromatic nitrogens is 2. The number of rotatable bonds is 6. The molecule has 41 heavy (non-hydrogen) atoms. The maximum atomic E-state index is 14.4. The van der Waals surface area contributed by atoms with Crippen LogP contribution in [0.4, 0.5) is 4.39 Å². The summed E-state index contributed by atoms with van der Waals surface area (Å²) < 4.78 is 14.4. The number of benzene rings is 2. The number of carbonyl (C=O) groups is 2. The van der Waals surface area contributed by atoms with Gasteiger partial charge in [-0.1, -0.05) is 30.3 Å². The highest BCUT2D eigenvalue weighted by atomic mass is 19.1. The summed E-state index contributed by atoms with van der Waals surface area (Å²) in [7, 11) is 0. The van der Waals surface area contributed by atoms with Gasteiger partial charge in [0.25, 0.3) is 11.8 Å². The lowest BCUT2D eigenvalue weighted by molar-refractivity contribution is 0.0652. The van der Waals surface area contributed by atoms with Gasteiger partial charge in [0.15, 0.2) is 0 Å². The fourth-order valence-corrected chi connectivity index (χ4v) is 6.82. The number of halogens is 1. The molecule has 4 heterocycles. The summed E-state index contributed by atoms with van der Waals surface area (Å²) in [5.74, 6) is 0.160. The third-order valence-corrected chi connectivity index (χ3v) is 9.21. The summed E-state index contributed by atoms with van der Waals surface area (Å²) in [5, 5.41) is 0. The van der Waals surface area contributed by atoms with Crippen LogP contribution in [-0.4, -0.2) is 75.8 Å². The van der Waals surface area contributed by atoms with E-state index in [1.165, 1.54) is 18.0 Å². The third kappa shape index (κ3) is 5.35. The van der Waals surface area contributed by atoms with Crippen LogP contribution in [0.5, 0.6) is 0 Å². The van der Waals surface area contributed by atoms with E-state index >= 15 is 0 Å². The molecule has 1 atom stereocenters. The number of carbonyl (C=O) groups excluding carboxylic acids is 2. The Bertz CT molecular complexity index is 1460. The van der Waals surface area contributed by atoms with Gasteiger partial charge >= 0.3 is 0 Å². The van der Waals surface area contributed by atoms with Crippen LogP contribution in [0.1, 0.15) is 56.9 Å². The van der Waals surface area contributed by atoms with Crippen molar-refractivity contribution in [1.29, 1.82) is 0 Å². The van der Waals surface area contributed by atoms with Gasteiger partial charge in [-0.05, 0) is 68.5 Å². The van der Waals surface area contributed by atoms with Crippen molar-refractivity contribution in [3.63, 3.8) is 0 Å². The molecule has 7 nitrogen and oxygen atoms in total. The average Bonchev–Trinajstić information content (AvgIpc) is 3.56. The summed E-state index contributed by atoms with van der Waals surface area (Å²) in [5.41, 5.74) is 4.86. The third-order valence-electron chi connectivity index (χ3n) is 9.21. The zero-order valence-corrected chi connectivity index (χ0v) is 23.7. The van der Waals surface area contributed by atoms with Gasteiger partial charge in [-0.3, -0.25) is 9.59 Å². The van der Waals surface area contributed by atoms with Gasteiger partial charge < -0.3 is 14.7 Å². The molecule has 0 spiro atoms. The van der Waals surface area contributed by atoms with Crippen LogP contribution >= 0.6 is 0 Å². The Labute approximate surface area is 240 Å². The second-order valence-corrected chi connectivity index (χ2v) is 11.7. The Kier molecular flexibility index (Phi) is 7.32. The molecule has 0 saturated carbocycles. The molecule has 0 N–H and O–H groups in total. The Morgan fingerprint density at radius 1 is 0.927 bits per heavy atom. The van der Waals surface area contributed by atoms with Gasteiger partial charge in [-0.25, -0.2) is 14.4 Å². The molecule has 2 aromatic carbocycles. The van der Waals surface area contributed by atoms with Crippen LogP contribution in [0.25, 0.3) is 0 Å². The quantitative estimate of drug-likeness (QED) is 0.440. The SMILES string of the molecule is Cc1ncnc(C)c1C(=O)N1CC2=CN(CCC3(c4cccc(F)c4)CCN(C(=O)c4ccccc4)CC3)CC2C1. The van der Waals surface area contributed by atoms with Crippen LogP contribution in [0.3, 0.4) is 0 Å². The number of aryl methyl sites for hydroxylation is 2. The summed E-state index contributed by atoms with van der Waals surface area (Å²) in [4.78, 5) is 41.0. The first-order chi connectivity index (χ1) is 19.8. The van der Waals surface area contributed by atoms with Crippen molar-refractivity contribution >= 4 is 11.8 Å². The second-order valence-electron chi connectivity index (χ2n) is 11.7. The lowest BCUT2D eigenvalue weighted by atomic mass is 9.70. The summed E-state index contributed by atoms with van der Waals surface area (Å²) in [6.07, 6.45) is 6.20. The maximum absolute atomic E-state index is 14.4. The Morgan fingerprint density at radius 3 is 2.34 bits per heavy atom.